The van der Waals surface area contributed by atoms with Gasteiger partial charge in [-0.05, 0) is 36.1 Å². The average Bonchev–Trinajstić information content (AvgIpc) is 2.98. The number of thioether (sulfide) groups is 1. The minimum Gasteiger partial charge on any atom is -0.493 e. The van der Waals surface area contributed by atoms with Crippen molar-refractivity contribution in [2.24, 2.45) is 0 Å². The molecule has 0 saturated carbocycles. The number of benzene rings is 1. The summed E-state index contributed by atoms with van der Waals surface area (Å²) in [7, 11) is 0. The molecule has 1 amide bonds. The van der Waals surface area contributed by atoms with E-state index in [9.17, 15) is 4.79 Å². The van der Waals surface area contributed by atoms with Gasteiger partial charge in [-0.3, -0.25) is 4.79 Å². The van der Waals surface area contributed by atoms with Gasteiger partial charge in [0.2, 0.25) is 5.91 Å². The lowest BCUT2D eigenvalue weighted by atomic mass is 10.2. The van der Waals surface area contributed by atoms with Crippen molar-refractivity contribution in [1.82, 2.24) is 5.32 Å². The molecule has 112 valence electrons. The molecule has 2 rings (SSSR count). The molecule has 0 bridgehead atoms. The maximum absolute atomic E-state index is 11.6. The Morgan fingerprint density at radius 2 is 2.24 bits per heavy atom. The predicted octanol–water partition coefficient (Wildman–Crippen LogP) is 3.48. The first kappa shape index (κ1) is 15.9. The molecule has 0 fully saturated rings. The highest BCUT2D eigenvalue weighted by Gasteiger charge is 2.02. The maximum Gasteiger partial charge on any atom is 0.230 e. The summed E-state index contributed by atoms with van der Waals surface area (Å²) in [5.41, 5.74) is 1.19. The van der Waals surface area contributed by atoms with Crippen molar-refractivity contribution in [3.8, 4) is 5.75 Å². The topological polar surface area (TPSA) is 38.3 Å². The fraction of sp³-hybridized carbons (Fsp3) is 0.312. The molecule has 0 saturated heterocycles. The Bertz CT molecular complexity index is 555. The van der Waals surface area contributed by atoms with Crippen LogP contribution in [0.1, 0.15) is 10.4 Å². The molecular weight excluding hydrogens is 302 g/mol. The van der Waals surface area contributed by atoms with Crippen molar-refractivity contribution in [3.63, 3.8) is 0 Å². The van der Waals surface area contributed by atoms with Gasteiger partial charge in [0.05, 0.1) is 18.9 Å². The molecule has 3 nitrogen and oxygen atoms in total. The number of aryl methyl sites for hydroxylation is 1. The summed E-state index contributed by atoms with van der Waals surface area (Å²) >= 11 is 3.24. The molecule has 0 aliphatic heterocycles. The second-order valence-electron chi connectivity index (χ2n) is 4.57. The predicted molar refractivity (Wildman–Crippen MR) is 90.2 cm³/mol. The minimum atomic E-state index is 0.0731. The molecule has 5 heteroatoms. The van der Waals surface area contributed by atoms with Crippen LogP contribution < -0.4 is 10.1 Å². The molecule has 1 N–H and O–H groups in total. The Morgan fingerprint density at radius 3 is 3.00 bits per heavy atom. The molecule has 0 aliphatic carbocycles. The van der Waals surface area contributed by atoms with Gasteiger partial charge >= 0.3 is 0 Å². The third kappa shape index (κ3) is 6.23. The number of rotatable bonds is 8. The number of amides is 1. The van der Waals surface area contributed by atoms with Gasteiger partial charge in [-0.2, -0.15) is 0 Å². The van der Waals surface area contributed by atoms with Crippen molar-refractivity contribution in [2.45, 2.75) is 13.5 Å². The van der Waals surface area contributed by atoms with Gasteiger partial charge in [0.15, 0.2) is 0 Å². The average molecular weight is 321 g/mol. The van der Waals surface area contributed by atoms with Crippen LogP contribution >= 0.6 is 23.1 Å². The lowest BCUT2D eigenvalue weighted by Gasteiger charge is -2.07. The van der Waals surface area contributed by atoms with E-state index in [-0.39, 0.29) is 5.91 Å². The van der Waals surface area contributed by atoms with Gasteiger partial charge in [-0.15, -0.1) is 23.1 Å². The van der Waals surface area contributed by atoms with Crippen molar-refractivity contribution >= 4 is 29.0 Å². The molecule has 1 aromatic heterocycles. The molecule has 2 aromatic rings. The molecule has 0 radical (unpaired) electrons. The molecule has 21 heavy (non-hydrogen) atoms. The Balaban J connectivity index is 1.54. The van der Waals surface area contributed by atoms with E-state index in [0.717, 1.165) is 11.5 Å². The summed E-state index contributed by atoms with van der Waals surface area (Å²) in [5, 5.41) is 4.92. The van der Waals surface area contributed by atoms with Crippen molar-refractivity contribution in [1.29, 1.82) is 0 Å². The van der Waals surface area contributed by atoms with E-state index in [1.807, 2.05) is 48.7 Å². The number of carbonyl (C=O) groups is 1. The molecule has 0 spiro atoms. The minimum absolute atomic E-state index is 0.0731. The Kier molecular flexibility index (Phi) is 6.63. The van der Waals surface area contributed by atoms with Crippen LogP contribution in [0.15, 0.2) is 41.8 Å². The summed E-state index contributed by atoms with van der Waals surface area (Å²) in [5.74, 6) is 2.24. The van der Waals surface area contributed by atoms with Gasteiger partial charge in [0, 0.05) is 10.6 Å². The number of carbonyl (C=O) groups excluding carboxylic acids is 1. The second kappa shape index (κ2) is 8.74. The Labute approximate surface area is 133 Å². The fourth-order valence-corrected chi connectivity index (χ4v) is 3.02. The van der Waals surface area contributed by atoms with E-state index in [0.29, 0.717) is 18.9 Å². The van der Waals surface area contributed by atoms with E-state index in [2.05, 4.69) is 5.32 Å². The second-order valence-corrected chi connectivity index (χ2v) is 6.71. The molecule has 0 atom stereocenters. The van der Waals surface area contributed by atoms with Crippen LogP contribution in [0.4, 0.5) is 0 Å². The first-order valence-electron chi connectivity index (χ1n) is 6.80. The zero-order chi connectivity index (χ0) is 14.9. The SMILES string of the molecule is Cc1cccc(OCCSCC(=O)NCc2cccs2)c1. The zero-order valence-corrected chi connectivity index (χ0v) is 13.6. The highest BCUT2D eigenvalue weighted by molar-refractivity contribution is 7.99. The van der Waals surface area contributed by atoms with Gasteiger partial charge in [-0.25, -0.2) is 0 Å². The first-order chi connectivity index (χ1) is 10.2. The van der Waals surface area contributed by atoms with E-state index < -0.39 is 0 Å². The van der Waals surface area contributed by atoms with E-state index in [1.165, 1.54) is 10.4 Å². The van der Waals surface area contributed by atoms with Crippen molar-refractivity contribution < 1.29 is 9.53 Å². The van der Waals surface area contributed by atoms with E-state index in [1.54, 1.807) is 23.1 Å². The standard InChI is InChI=1S/C16H19NO2S2/c1-13-4-2-5-14(10-13)19-7-9-20-12-16(18)17-11-15-6-3-8-21-15/h2-6,8,10H,7,9,11-12H2,1H3,(H,17,18). The number of nitrogens with one attached hydrogen (secondary N) is 1. The summed E-state index contributed by atoms with van der Waals surface area (Å²) in [4.78, 5) is 12.8. The normalized spacial score (nSPS) is 10.3. The van der Waals surface area contributed by atoms with Crippen LogP contribution in [0.2, 0.25) is 0 Å². The molecule has 1 aromatic carbocycles. The number of hydrogen-bond acceptors (Lipinski definition) is 4. The zero-order valence-electron chi connectivity index (χ0n) is 12.0. The van der Waals surface area contributed by atoms with Gasteiger partial charge < -0.3 is 10.1 Å². The largest absolute Gasteiger partial charge is 0.493 e. The third-order valence-electron chi connectivity index (χ3n) is 2.76. The Morgan fingerprint density at radius 1 is 1.33 bits per heavy atom. The maximum atomic E-state index is 11.6. The van der Waals surface area contributed by atoms with Crippen LogP contribution in [0.25, 0.3) is 0 Å². The summed E-state index contributed by atoms with van der Waals surface area (Å²) < 4.78 is 5.64. The summed E-state index contributed by atoms with van der Waals surface area (Å²) in [6.07, 6.45) is 0. The van der Waals surface area contributed by atoms with Crippen molar-refractivity contribution in [2.75, 3.05) is 18.1 Å². The van der Waals surface area contributed by atoms with Crippen LogP contribution in [0.5, 0.6) is 5.75 Å². The monoisotopic (exact) mass is 321 g/mol. The number of hydrogen-bond donors (Lipinski definition) is 1. The van der Waals surface area contributed by atoms with Crippen LogP contribution in [-0.2, 0) is 11.3 Å². The smallest absolute Gasteiger partial charge is 0.230 e. The number of ether oxygens (including phenoxy) is 1. The molecular formula is C16H19NO2S2. The highest BCUT2D eigenvalue weighted by atomic mass is 32.2. The van der Waals surface area contributed by atoms with E-state index in [4.69, 9.17) is 4.74 Å². The summed E-state index contributed by atoms with van der Waals surface area (Å²) in [6.45, 7) is 3.28. The molecule has 0 aliphatic rings. The van der Waals surface area contributed by atoms with Crippen LogP contribution in [-0.4, -0.2) is 24.0 Å². The highest BCUT2D eigenvalue weighted by Crippen LogP contribution is 2.13. The van der Waals surface area contributed by atoms with Gasteiger partial charge in [0.1, 0.15) is 5.75 Å². The van der Waals surface area contributed by atoms with Crippen LogP contribution in [0, 0.1) is 6.92 Å². The van der Waals surface area contributed by atoms with Gasteiger partial charge in [-0.1, -0.05) is 18.2 Å². The van der Waals surface area contributed by atoms with E-state index >= 15 is 0 Å². The number of thiophene rings is 1. The lowest BCUT2D eigenvalue weighted by Crippen LogP contribution is -2.24. The fourth-order valence-electron chi connectivity index (χ4n) is 1.74. The molecule has 1 heterocycles. The lowest BCUT2D eigenvalue weighted by molar-refractivity contribution is -0.118. The third-order valence-corrected chi connectivity index (χ3v) is 4.56. The first-order valence-corrected chi connectivity index (χ1v) is 8.84. The Hall–Kier alpha value is -1.46. The quantitative estimate of drug-likeness (QED) is 0.757. The van der Waals surface area contributed by atoms with Crippen LogP contribution in [0.3, 0.4) is 0 Å². The van der Waals surface area contributed by atoms with Gasteiger partial charge in [0.25, 0.3) is 0 Å². The van der Waals surface area contributed by atoms with Crippen molar-refractivity contribution in [3.05, 3.63) is 52.2 Å². The summed E-state index contributed by atoms with van der Waals surface area (Å²) in [6, 6.07) is 12.0. The molecule has 0 unspecified atom stereocenters.